The quantitative estimate of drug-likeness (QED) is 0.710. The average Bonchev–Trinajstić information content (AvgIpc) is 2.68. The number of anilines is 2. The van der Waals surface area contributed by atoms with Gasteiger partial charge in [-0.1, -0.05) is 6.92 Å². The zero-order chi connectivity index (χ0) is 21.0. The summed E-state index contributed by atoms with van der Waals surface area (Å²) in [5, 5.41) is 9.63. The Hall–Kier alpha value is -2.74. The van der Waals surface area contributed by atoms with Gasteiger partial charge in [-0.3, -0.25) is 4.72 Å². The van der Waals surface area contributed by atoms with Gasteiger partial charge in [0.25, 0.3) is 10.0 Å². The lowest BCUT2D eigenvalue weighted by Gasteiger charge is -2.33. The van der Waals surface area contributed by atoms with E-state index in [0.717, 1.165) is 31.6 Å². The van der Waals surface area contributed by atoms with Crippen LogP contribution in [0.25, 0.3) is 0 Å². The van der Waals surface area contributed by atoms with E-state index >= 15 is 0 Å². The molecule has 1 fully saturated rings. The molecule has 1 aliphatic heterocycles. The van der Waals surface area contributed by atoms with Gasteiger partial charge in [-0.15, -0.1) is 0 Å². The van der Waals surface area contributed by atoms with Crippen molar-refractivity contribution in [2.45, 2.75) is 31.6 Å². The first-order chi connectivity index (χ1) is 13.8. The number of ether oxygens (including phenoxy) is 1. The number of carbonyl (C=O) groups is 1. The first-order valence-corrected chi connectivity index (χ1v) is 11.2. The van der Waals surface area contributed by atoms with Gasteiger partial charge in [0, 0.05) is 18.8 Å². The van der Waals surface area contributed by atoms with Gasteiger partial charge in [0.1, 0.15) is 5.75 Å². The van der Waals surface area contributed by atoms with Crippen LogP contribution in [0.2, 0.25) is 0 Å². The summed E-state index contributed by atoms with van der Waals surface area (Å²) in [6.45, 7) is 6.21. The van der Waals surface area contributed by atoms with Crippen LogP contribution >= 0.6 is 0 Å². The number of hydrogen-bond acceptors (Lipinski definition) is 5. The Morgan fingerprint density at radius 3 is 2.59 bits per heavy atom. The van der Waals surface area contributed by atoms with Crippen molar-refractivity contribution in [2.75, 3.05) is 29.3 Å². The Bertz CT molecular complexity index is 973. The number of hydrogen-bond donors (Lipinski definition) is 2. The summed E-state index contributed by atoms with van der Waals surface area (Å²) in [5.41, 5.74) is 0.758. The number of piperidine rings is 1. The van der Waals surface area contributed by atoms with Crippen molar-refractivity contribution < 1.29 is 23.1 Å². The highest BCUT2D eigenvalue weighted by atomic mass is 32.2. The van der Waals surface area contributed by atoms with Gasteiger partial charge in [0.05, 0.1) is 22.8 Å². The van der Waals surface area contributed by atoms with Gasteiger partial charge in [-0.25, -0.2) is 13.2 Å². The fraction of sp³-hybridized carbons (Fsp3) is 0.381. The number of sulfonamides is 1. The van der Waals surface area contributed by atoms with Gasteiger partial charge in [0.2, 0.25) is 0 Å². The van der Waals surface area contributed by atoms with Crippen molar-refractivity contribution in [2.24, 2.45) is 5.92 Å². The topological polar surface area (TPSA) is 95.9 Å². The molecular formula is C21H26N2O5S. The van der Waals surface area contributed by atoms with Crippen molar-refractivity contribution in [3.63, 3.8) is 0 Å². The van der Waals surface area contributed by atoms with Crippen LogP contribution in [-0.4, -0.2) is 39.2 Å². The van der Waals surface area contributed by atoms with Gasteiger partial charge >= 0.3 is 5.97 Å². The molecule has 0 radical (unpaired) electrons. The molecular weight excluding hydrogens is 392 g/mol. The molecule has 156 valence electrons. The molecule has 0 aromatic heterocycles. The Labute approximate surface area is 171 Å². The molecule has 1 aliphatic rings. The van der Waals surface area contributed by atoms with E-state index in [4.69, 9.17) is 4.74 Å². The van der Waals surface area contributed by atoms with E-state index in [0.29, 0.717) is 18.3 Å². The molecule has 1 saturated heterocycles. The minimum atomic E-state index is -3.93. The summed E-state index contributed by atoms with van der Waals surface area (Å²) < 4.78 is 33.2. The number of aromatic carboxylic acids is 1. The highest BCUT2D eigenvalue weighted by Gasteiger charge is 2.22. The molecule has 29 heavy (non-hydrogen) atoms. The molecule has 7 nitrogen and oxygen atoms in total. The Balaban J connectivity index is 1.86. The molecule has 8 heteroatoms. The monoisotopic (exact) mass is 418 g/mol. The number of carboxylic acid groups (broad SMARTS) is 1. The summed E-state index contributed by atoms with van der Waals surface area (Å²) in [5.74, 6) is -0.0750. The maximum absolute atomic E-state index is 12.7. The lowest BCUT2D eigenvalue weighted by atomic mass is 9.99. The predicted octanol–water partition coefficient (Wildman–Crippen LogP) is 3.82. The second kappa shape index (κ2) is 8.73. The van der Waals surface area contributed by atoms with E-state index in [1.807, 2.05) is 6.92 Å². The molecule has 0 spiro atoms. The van der Waals surface area contributed by atoms with Gasteiger partial charge in [0.15, 0.2) is 0 Å². The standard InChI is InChI=1S/C21H26N2O5S/c1-3-28-17-7-9-18(10-8-17)29(26,27)22-20-11-6-16(13-19(20)21(24)25)23-12-4-5-15(2)14-23/h6-11,13,15,22H,3-5,12,14H2,1-2H3,(H,24,25)/t15-/m1/s1. The molecule has 0 amide bonds. The normalized spacial score (nSPS) is 17.0. The predicted molar refractivity (Wildman–Crippen MR) is 112 cm³/mol. The number of carboxylic acids is 1. The highest BCUT2D eigenvalue weighted by molar-refractivity contribution is 7.92. The molecule has 0 saturated carbocycles. The second-order valence-corrected chi connectivity index (χ2v) is 8.92. The van der Waals surface area contributed by atoms with E-state index in [9.17, 15) is 18.3 Å². The minimum Gasteiger partial charge on any atom is -0.494 e. The van der Waals surface area contributed by atoms with Gasteiger partial charge in [-0.2, -0.15) is 0 Å². The van der Waals surface area contributed by atoms with E-state index in [-0.39, 0.29) is 16.1 Å². The van der Waals surface area contributed by atoms with Crippen molar-refractivity contribution in [3.8, 4) is 5.75 Å². The Morgan fingerprint density at radius 2 is 1.97 bits per heavy atom. The van der Waals surface area contributed by atoms with Crippen LogP contribution in [0.5, 0.6) is 5.75 Å². The number of nitrogens with zero attached hydrogens (tertiary/aromatic N) is 1. The van der Waals surface area contributed by atoms with Crippen molar-refractivity contribution >= 4 is 27.4 Å². The molecule has 2 aromatic rings. The number of rotatable bonds is 7. The van der Waals surface area contributed by atoms with Gasteiger partial charge < -0.3 is 14.7 Å². The molecule has 0 bridgehead atoms. The van der Waals surface area contributed by atoms with E-state index < -0.39 is 16.0 Å². The smallest absolute Gasteiger partial charge is 0.337 e. The lowest BCUT2D eigenvalue weighted by Crippen LogP contribution is -2.34. The minimum absolute atomic E-state index is 0.0335. The summed E-state index contributed by atoms with van der Waals surface area (Å²) in [4.78, 5) is 14.0. The molecule has 1 atom stereocenters. The largest absolute Gasteiger partial charge is 0.494 e. The first-order valence-electron chi connectivity index (χ1n) is 9.68. The fourth-order valence-electron chi connectivity index (χ4n) is 3.50. The number of nitrogens with one attached hydrogen (secondary N) is 1. The summed E-state index contributed by atoms with van der Waals surface area (Å²) in [6.07, 6.45) is 2.21. The van der Waals surface area contributed by atoms with Crippen LogP contribution in [0.3, 0.4) is 0 Å². The molecule has 1 heterocycles. The third-order valence-electron chi connectivity index (χ3n) is 4.95. The van der Waals surface area contributed by atoms with Crippen molar-refractivity contribution in [3.05, 3.63) is 48.0 Å². The Kier molecular flexibility index (Phi) is 6.32. The molecule has 0 unspecified atom stereocenters. The lowest BCUT2D eigenvalue weighted by molar-refractivity contribution is 0.0698. The van der Waals surface area contributed by atoms with Crippen molar-refractivity contribution in [1.29, 1.82) is 0 Å². The average molecular weight is 419 g/mol. The van der Waals surface area contributed by atoms with E-state index in [1.165, 1.54) is 24.3 Å². The summed E-state index contributed by atoms with van der Waals surface area (Å²) in [7, 11) is -3.93. The van der Waals surface area contributed by atoms with Crippen LogP contribution in [0.1, 0.15) is 37.0 Å². The maximum Gasteiger partial charge on any atom is 0.337 e. The summed E-state index contributed by atoms with van der Waals surface area (Å²) >= 11 is 0. The van der Waals surface area contributed by atoms with Crippen LogP contribution in [0.4, 0.5) is 11.4 Å². The SMILES string of the molecule is CCOc1ccc(S(=O)(=O)Nc2ccc(N3CCC[C@@H](C)C3)cc2C(=O)O)cc1. The zero-order valence-electron chi connectivity index (χ0n) is 16.6. The molecule has 2 aromatic carbocycles. The van der Waals surface area contributed by atoms with Crippen LogP contribution in [0, 0.1) is 5.92 Å². The molecule has 0 aliphatic carbocycles. The van der Waals surface area contributed by atoms with Crippen LogP contribution < -0.4 is 14.4 Å². The maximum atomic E-state index is 12.7. The first kappa shape index (κ1) is 21.0. The molecule has 2 N–H and O–H groups in total. The fourth-order valence-corrected chi connectivity index (χ4v) is 4.58. The zero-order valence-corrected chi connectivity index (χ0v) is 17.4. The second-order valence-electron chi connectivity index (χ2n) is 7.24. The van der Waals surface area contributed by atoms with E-state index in [2.05, 4.69) is 16.5 Å². The summed E-state index contributed by atoms with van der Waals surface area (Å²) in [6, 6.07) is 10.8. The molecule has 3 rings (SSSR count). The van der Waals surface area contributed by atoms with Gasteiger partial charge in [-0.05, 0) is 68.1 Å². The van der Waals surface area contributed by atoms with E-state index in [1.54, 1.807) is 18.2 Å². The third-order valence-corrected chi connectivity index (χ3v) is 6.33. The highest BCUT2D eigenvalue weighted by Crippen LogP contribution is 2.29. The van der Waals surface area contributed by atoms with Crippen molar-refractivity contribution in [1.82, 2.24) is 0 Å². The third kappa shape index (κ3) is 5.00. The number of benzene rings is 2. The van der Waals surface area contributed by atoms with Crippen LogP contribution in [0.15, 0.2) is 47.4 Å². The van der Waals surface area contributed by atoms with Crippen LogP contribution in [-0.2, 0) is 10.0 Å². The Morgan fingerprint density at radius 1 is 1.24 bits per heavy atom.